The van der Waals surface area contributed by atoms with Crippen LogP contribution in [0.1, 0.15) is 28.4 Å². The molecule has 0 aliphatic heterocycles. The Morgan fingerprint density at radius 2 is 1.83 bits per heavy atom. The topological polar surface area (TPSA) is 63.6 Å². The molecule has 2 rings (SSSR count). The van der Waals surface area contributed by atoms with Crippen molar-refractivity contribution in [1.29, 1.82) is 0 Å². The van der Waals surface area contributed by atoms with E-state index < -0.39 is 12.1 Å². The van der Waals surface area contributed by atoms with E-state index >= 15 is 0 Å². The first-order valence-electron chi connectivity index (χ1n) is 6.80. The molecule has 2 aromatic rings. The first kappa shape index (κ1) is 17.3. The average Bonchev–Trinajstić information content (AvgIpc) is 2.51. The first-order valence-corrected chi connectivity index (χ1v) is 7.55. The van der Waals surface area contributed by atoms with Crippen LogP contribution in [0.4, 0.5) is 0 Å². The van der Waals surface area contributed by atoms with Crippen molar-refractivity contribution in [2.45, 2.75) is 20.0 Å². The van der Waals surface area contributed by atoms with E-state index in [1.54, 1.807) is 37.3 Å². The quantitative estimate of drug-likeness (QED) is 0.810. The summed E-state index contributed by atoms with van der Waals surface area (Å²) in [6, 6.07) is 9.56. The molecule has 0 saturated carbocycles. The SMILES string of the molecule is Cc1c(OC(C)C(=O)O)cccc1C(=O)c1ccc(Cl)c(Cl)c1. The molecule has 0 aliphatic carbocycles. The summed E-state index contributed by atoms with van der Waals surface area (Å²) in [7, 11) is 0. The van der Waals surface area contributed by atoms with Crippen LogP contribution in [0.3, 0.4) is 0 Å². The van der Waals surface area contributed by atoms with Crippen molar-refractivity contribution in [3.63, 3.8) is 0 Å². The molecule has 1 unspecified atom stereocenters. The third kappa shape index (κ3) is 3.84. The molecular formula is C17H14Cl2O4. The Labute approximate surface area is 143 Å². The molecule has 0 fully saturated rings. The molecule has 1 N–H and O–H groups in total. The number of carboxylic acids is 1. The van der Waals surface area contributed by atoms with Gasteiger partial charge in [-0.15, -0.1) is 0 Å². The van der Waals surface area contributed by atoms with Gasteiger partial charge in [0.1, 0.15) is 5.75 Å². The zero-order valence-electron chi connectivity index (χ0n) is 12.5. The van der Waals surface area contributed by atoms with Crippen LogP contribution in [-0.4, -0.2) is 23.0 Å². The van der Waals surface area contributed by atoms with Gasteiger partial charge < -0.3 is 9.84 Å². The van der Waals surface area contributed by atoms with Gasteiger partial charge in [0.25, 0.3) is 0 Å². The lowest BCUT2D eigenvalue weighted by molar-refractivity contribution is -0.144. The van der Waals surface area contributed by atoms with Gasteiger partial charge >= 0.3 is 5.97 Å². The van der Waals surface area contributed by atoms with Gasteiger partial charge in [-0.25, -0.2) is 4.79 Å². The second kappa shape index (κ2) is 7.02. The maximum absolute atomic E-state index is 12.6. The van der Waals surface area contributed by atoms with E-state index in [1.165, 1.54) is 13.0 Å². The molecule has 1 atom stereocenters. The summed E-state index contributed by atoms with van der Waals surface area (Å²) in [5.74, 6) is -0.967. The second-order valence-electron chi connectivity index (χ2n) is 4.99. The van der Waals surface area contributed by atoms with Crippen molar-refractivity contribution < 1.29 is 19.4 Å². The van der Waals surface area contributed by atoms with Crippen molar-refractivity contribution in [2.24, 2.45) is 0 Å². The van der Waals surface area contributed by atoms with Crippen molar-refractivity contribution in [1.82, 2.24) is 0 Å². The van der Waals surface area contributed by atoms with Crippen molar-refractivity contribution in [3.05, 3.63) is 63.1 Å². The lowest BCUT2D eigenvalue weighted by atomic mass is 9.98. The summed E-state index contributed by atoms with van der Waals surface area (Å²) in [6.07, 6.45) is -1.01. The van der Waals surface area contributed by atoms with Gasteiger partial charge in [-0.2, -0.15) is 0 Å². The van der Waals surface area contributed by atoms with Crippen LogP contribution in [-0.2, 0) is 4.79 Å². The van der Waals surface area contributed by atoms with Gasteiger partial charge in [-0.1, -0.05) is 35.3 Å². The van der Waals surface area contributed by atoms with Crippen LogP contribution in [0.15, 0.2) is 36.4 Å². The highest BCUT2D eigenvalue weighted by atomic mass is 35.5. The lowest BCUT2D eigenvalue weighted by Gasteiger charge is -2.15. The van der Waals surface area contributed by atoms with Crippen molar-refractivity contribution in [3.8, 4) is 5.75 Å². The molecule has 0 amide bonds. The van der Waals surface area contributed by atoms with Gasteiger partial charge in [0.2, 0.25) is 0 Å². The standard InChI is InChI=1S/C17H14Cl2O4/c1-9-12(4-3-5-15(9)23-10(2)17(21)22)16(20)11-6-7-13(18)14(19)8-11/h3-8,10H,1-2H3,(H,21,22). The van der Waals surface area contributed by atoms with E-state index in [4.69, 9.17) is 33.0 Å². The molecule has 0 radical (unpaired) electrons. The molecule has 0 heterocycles. The number of rotatable bonds is 5. The molecule has 4 nitrogen and oxygen atoms in total. The molecule has 2 aromatic carbocycles. The number of halogens is 2. The van der Waals surface area contributed by atoms with Crippen molar-refractivity contribution >= 4 is 35.0 Å². The number of ketones is 1. The summed E-state index contributed by atoms with van der Waals surface area (Å²) < 4.78 is 5.38. The number of ether oxygens (including phenoxy) is 1. The fourth-order valence-electron chi connectivity index (χ4n) is 2.02. The predicted molar refractivity (Wildman–Crippen MR) is 88.8 cm³/mol. The third-order valence-electron chi connectivity index (χ3n) is 3.36. The van der Waals surface area contributed by atoms with E-state index in [2.05, 4.69) is 0 Å². The molecule has 6 heteroatoms. The Kier molecular flexibility index (Phi) is 5.29. The van der Waals surface area contributed by atoms with Crippen LogP contribution in [0.2, 0.25) is 10.0 Å². The minimum atomic E-state index is -1.08. The molecule has 120 valence electrons. The highest BCUT2D eigenvalue weighted by Gasteiger charge is 2.18. The monoisotopic (exact) mass is 352 g/mol. The van der Waals surface area contributed by atoms with Crippen molar-refractivity contribution in [2.75, 3.05) is 0 Å². The molecule has 0 bridgehead atoms. The zero-order chi connectivity index (χ0) is 17.1. The minimum Gasteiger partial charge on any atom is -0.479 e. The highest BCUT2D eigenvalue weighted by Crippen LogP contribution is 2.27. The average molecular weight is 353 g/mol. The summed E-state index contributed by atoms with van der Waals surface area (Å²) in [4.78, 5) is 23.5. The zero-order valence-corrected chi connectivity index (χ0v) is 14.0. The van der Waals surface area contributed by atoms with Gasteiger partial charge in [-0.3, -0.25) is 4.79 Å². The van der Waals surface area contributed by atoms with E-state index in [9.17, 15) is 9.59 Å². The number of aliphatic carboxylic acids is 1. The van der Waals surface area contributed by atoms with Crippen LogP contribution in [0.5, 0.6) is 5.75 Å². The van der Waals surface area contributed by atoms with Gasteiger partial charge in [-0.05, 0) is 38.1 Å². The van der Waals surface area contributed by atoms with E-state index in [-0.39, 0.29) is 5.78 Å². The molecule has 0 spiro atoms. The Morgan fingerprint density at radius 1 is 1.13 bits per heavy atom. The molecule has 0 saturated heterocycles. The molecule has 0 aromatic heterocycles. The Balaban J connectivity index is 2.37. The van der Waals surface area contributed by atoms with Gasteiger partial charge in [0.05, 0.1) is 10.0 Å². The van der Waals surface area contributed by atoms with Gasteiger partial charge in [0, 0.05) is 16.7 Å². The number of carbonyl (C=O) groups is 2. The maximum Gasteiger partial charge on any atom is 0.344 e. The fraction of sp³-hybridized carbons (Fsp3) is 0.176. The van der Waals surface area contributed by atoms with E-state index in [0.29, 0.717) is 32.5 Å². The smallest absolute Gasteiger partial charge is 0.344 e. The van der Waals surface area contributed by atoms with Crippen LogP contribution >= 0.6 is 23.2 Å². The molecular weight excluding hydrogens is 339 g/mol. The minimum absolute atomic E-state index is 0.241. The third-order valence-corrected chi connectivity index (χ3v) is 4.10. The largest absolute Gasteiger partial charge is 0.479 e. The van der Waals surface area contributed by atoms with Crippen LogP contribution in [0, 0.1) is 6.92 Å². The summed E-state index contributed by atoms with van der Waals surface area (Å²) in [5.41, 5.74) is 1.38. The molecule has 23 heavy (non-hydrogen) atoms. The highest BCUT2D eigenvalue weighted by molar-refractivity contribution is 6.42. The second-order valence-corrected chi connectivity index (χ2v) is 5.80. The number of carboxylic acid groups (broad SMARTS) is 1. The Morgan fingerprint density at radius 3 is 2.43 bits per heavy atom. The fourth-order valence-corrected chi connectivity index (χ4v) is 2.32. The predicted octanol–water partition coefficient (Wildman–Crippen LogP) is 4.38. The maximum atomic E-state index is 12.6. The number of hydrogen-bond donors (Lipinski definition) is 1. The number of hydrogen-bond acceptors (Lipinski definition) is 3. The normalized spacial score (nSPS) is 11.8. The number of benzene rings is 2. The molecule has 0 aliphatic rings. The number of carbonyl (C=O) groups excluding carboxylic acids is 1. The van der Waals surface area contributed by atoms with Crippen LogP contribution < -0.4 is 4.74 Å². The van der Waals surface area contributed by atoms with Gasteiger partial charge in [0.15, 0.2) is 11.9 Å². The summed E-state index contributed by atoms with van der Waals surface area (Å²) in [5, 5.41) is 9.59. The summed E-state index contributed by atoms with van der Waals surface area (Å²) >= 11 is 11.8. The Bertz CT molecular complexity index is 771. The Hall–Kier alpha value is -2.04. The summed E-state index contributed by atoms with van der Waals surface area (Å²) in [6.45, 7) is 3.13. The van der Waals surface area contributed by atoms with E-state index in [1.807, 2.05) is 0 Å². The van der Waals surface area contributed by atoms with E-state index in [0.717, 1.165) is 0 Å². The first-order chi connectivity index (χ1) is 10.8. The lowest BCUT2D eigenvalue weighted by Crippen LogP contribution is -2.23. The van der Waals surface area contributed by atoms with Crippen LogP contribution in [0.25, 0.3) is 0 Å².